The minimum atomic E-state index is -4.46. The van der Waals surface area contributed by atoms with E-state index in [1.54, 1.807) is 12.1 Å². The van der Waals surface area contributed by atoms with Crippen molar-refractivity contribution in [3.63, 3.8) is 0 Å². The van der Waals surface area contributed by atoms with Crippen LogP contribution in [0.2, 0.25) is 0 Å². The summed E-state index contributed by atoms with van der Waals surface area (Å²) in [5.41, 5.74) is 4.18. The molecule has 0 saturated heterocycles. The maximum atomic E-state index is 12.5. The number of carbonyl (C=O) groups excluding carboxylic acids is 1. The summed E-state index contributed by atoms with van der Waals surface area (Å²) in [6.07, 6.45) is -2.84. The maximum Gasteiger partial charge on any atom is 0.422 e. The van der Waals surface area contributed by atoms with E-state index < -0.39 is 41.7 Å². The Morgan fingerprint density at radius 3 is 2.75 bits per heavy atom. The fourth-order valence-corrected chi connectivity index (χ4v) is 3.17. The summed E-state index contributed by atoms with van der Waals surface area (Å²) in [6, 6.07) is 4.14. The Morgan fingerprint density at radius 1 is 1.29 bits per heavy atom. The molecule has 28 heavy (non-hydrogen) atoms. The molecular formula is C17H17F3N4O4. The predicted molar refractivity (Wildman–Crippen MR) is 93.2 cm³/mol. The summed E-state index contributed by atoms with van der Waals surface area (Å²) in [4.78, 5) is 39.5. The lowest BCUT2D eigenvalue weighted by Gasteiger charge is -2.28. The van der Waals surface area contributed by atoms with E-state index in [4.69, 9.17) is 10.5 Å². The van der Waals surface area contributed by atoms with Crippen LogP contribution in [-0.2, 0) is 6.42 Å². The van der Waals surface area contributed by atoms with E-state index >= 15 is 0 Å². The molecule has 1 heterocycles. The number of aromatic nitrogens is 2. The Kier molecular flexibility index (Phi) is 5.16. The van der Waals surface area contributed by atoms with Gasteiger partial charge in [-0.2, -0.15) is 13.2 Å². The van der Waals surface area contributed by atoms with Crippen LogP contribution < -0.4 is 27.0 Å². The van der Waals surface area contributed by atoms with Crippen molar-refractivity contribution in [2.45, 2.75) is 31.5 Å². The zero-order valence-corrected chi connectivity index (χ0v) is 14.5. The van der Waals surface area contributed by atoms with E-state index in [1.165, 1.54) is 6.07 Å². The summed E-state index contributed by atoms with van der Waals surface area (Å²) in [7, 11) is 0. The Hall–Kier alpha value is -3.24. The molecule has 1 aliphatic rings. The zero-order chi connectivity index (χ0) is 20.5. The second-order valence-electron chi connectivity index (χ2n) is 6.34. The van der Waals surface area contributed by atoms with Crippen molar-refractivity contribution in [3.05, 3.63) is 55.9 Å². The standard InChI is InChI=1S/C17H17F3N4O4/c18-17(19,20)7-28-11-6-2-3-8-9(11)4-1-5-10(8)22-15(26)13-12(21)14(25)24-16(27)23-13/h2-3,6,10H,1,4-5,7,21H2,(H,22,26)(H2,23,24,25,27)/t10-/m0/s1. The number of rotatable bonds is 4. The molecule has 0 bridgehead atoms. The minimum absolute atomic E-state index is 0.109. The van der Waals surface area contributed by atoms with Gasteiger partial charge in [-0.3, -0.25) is 14.6 Å². The highest BCUT2D eigenvalue weighted by Crippen LogP contribution is 2.36. The number of ether oxygens (including phenoxy) is 1. The van der Waals surface area contributed by atoms with E-state index in [-0.39, 0.29) is 11.4 Å². The number of nitrogens with one attached hydrogen (secondary N) is 3. The third-order valence-electron chi connectivity index (χ3n) is 4.37. The number of nitrogen functional groups attached to an aromatic ring is 1. The smallest absolute Gasteiger partial charge is 0.422 e. The number of benzene rings is 1. The van der Waals surface area contributed by atoms with Crippen LogP contribution in [-0.4, -0.2) is 28.7 Å². The molecule has 0 spiro atoms. The molecule has 1 aliphatic carbocycles. The van der Waals surface area contributed by atoms with E-state index in [0.29, 0.717) is 30.4 Å². The van der Waals surface area contributed by atoms with Crippen LogP contribution >= 0.6 is 0 Å². The SMILES string of the molecule is Nc1c(C(=O)N[C@H]2CCCc3c(OCC(F)(F)F)cccc32)[nH]c(=O)[nH]c1=O. The topological polar surface area (TPSA) is 130 Å². The lowest BCUT2D eigenvalue weighted by molar-refractivity contribution is -0.153. The summed E-state index contributed by atoms with van der Waals surface area (Å²) in [5.74, 6) is -0.655. The van der Waals surface area contributed by atoms with Crippen LogP contribution in [0, 0.1) is 0 Å². The van der Waals surface area contributed by atoms with Gasteiger partial charge in [0.25, 0.3) is 11.5 Å². The Labute approximate surface area is 155 Å². The summed E-state index contributed by atoms with van der Waals surface area (Å²) >= 11 is 0. The van der Waals surface area contributed by atoms with E-state index in [2.05, 4.69) is 10.3 Å². The number of alkyl halides is 3. The van der Waals surface area contributed by atoms with Crippen LogP contribution in [0.15, 0.2) is 27.8 Å². The largest absolute Gasteiger partial charge is 0.484 e. The van der Waals surface area contributed by atoms with Gasteiger partial charge < -0.3 is 20.8 Å². The number of nitrogens with two attached hydrogens (primary N) is 1. The molecule has 0 unspecified atom stereocenters. The second-order valence-corrected chi connectivity index (χ2v) is 6.34. The van der Waals surface area contributed by atoms with Crippen LogP contribution in [0.1, 0.15) is 40.5 Å². The number of H-pyrrole nitrogens is 2. The van der Waals surface area contributed by atoms with Gasteiger partial charge in [-0.1, -0.05) is 12.1 Å². The van der Waals surface area contributed by atoms with Crippen LogP contribution in [0.3, 0.4) is 0 Å². The first-order valence-corrected chi connectivity index (χ1v) is 8.40. The van der Waals surface area contributed by atoms with Crippen molar-refractivity contribution in [2.24, 2.45) is 0 Å². The molecule has 150 valence electrons. The van der Waals surface area contributed by atoms with Gasteiger partial charge in [-0.15, -0.1) is 0 Å². The van der Waals surface area contributed by atoms with Crippen molar-refractivity contribution in [3.8, 4) is 5.75 Å². The average molecular weight is 398 g/mol. The monoisotopic (exact) mass is 398 g/mol. The number of carbonyl (C=O) groups is 1. The molecule has 0 radical (unpaired) electrons. The number of hydrogen-bond acceptors (Lipinski definition) is 5. The number of halogens is 3. The first kappa shape index (κ1) is 19.5. The quantitative estimate of drug-likeness (QED) is 0.618. The summed E-state index contributed by atoms with van der Waals surface area (Å²) in [5, 5.41) is 2.67. The van der Waals surface area contributed by atoms with Gasteiger partial charge in [-0.25, -0.2) is 4.79 Å². The van der Waals surface area contributed by atoms with Crippen molar-refractivity contribution in [1.29, 1.82) is 0 Å². The lowest BCUT2D eigenvalue weighted by atomic mass is 9.87. The molecular weight excluding hydrogens is 381 g/mol. The van der Waals surface area contributed by atoms with Gasteiger partial charge in [0, 0.05) is 0 Å². The van der Waals surface area contributed by atoms with Gasteiger partial charge in [0.15, 0.2) is 6.61 Å². The zero-order valence-electron chi connectivity index (χ0n) is 14.5. The summed E-state index contributed by atoms with van der Waals surface area (Å²) in [6.45, 7) is -1.41. The van der Waals surface area contributed by atoms with E-state index in [1.807, 2.05) is 4.98 Å². The van der Waals surface area contributed by atoms with Crippen molar-refractivity contribution < 1.29 is 22.7 Å². The van der Waals surface area contributed by atoms with E-state index in [0.717, 1.165) is 0 Å². The van der Waals surface area contributed by atoms with Crippen molar-refractivity contribution >= 4 is 11.6 Å². The number of fused-ring (bicyclic) bond motifs is 1. The third kappa shape index (κ3) is 4.18. The molecule has 1 atom stereocenters. The van der Waals surface area contributed by atoms with Crippen LogP contribution in [0.25, 0.3) is 0 Å². The van der Waals surface area contributed by atoms with Gasteiger partial charge in [0.1, 0.15) is 17.1 Å². The molecule has 2 aromatic rings. The molecule has 11 heteroatoms. The highest BCUT2D eigenvalue weighted by molar-refractivity contribution is 5.97. The first-order chi connectivity index (χ1) is 13.2. The van der Waals surface area contributed by atoms with Crippen LogP contribution in [0.5, 0.6) is 5.75 Å². The molecule has 1 aromatic heterocycles. The normalized spacial score (nSPS) is 16.3. The summed E-state index contributed by atoms with van der Waals surface area (Å²) < 4.78 is 42.3. The molecule has 8 nitrogen and oxygen atoms in total. The predicted octanol–water partition coefficient (Wildman–Crippen LogP) is 1.39. The van der Waals surface area contributed by atoms with E-state index in [9.17, 15) is 27.6 Å². The van der Waals surface area contributed by atoms with Crippen molar-refractivity contribution in [2.75, 3.05) is 12.3 Å². The fraction of sp³-hybridized carbons (Fsp3) is 0.353. The molecule has 1 aromatic carbocycles. The molecule has 0 saturated carbocycles. The molecule has 0 aliphatic heterocycles. The second kappa shape index (κ2) is 7.41. The Morgan fingerprint density at radius 2 is 2.04 bits per heavy atom. The Balaban J connectivity index is 1.86. The Bertz CT molecular complexity index is 1010. The van der Waals surface area contributed by atoms with Gasteiger partial charge in [-0.05, 0) is 36.5 Å². The van der Waals surface area contributed by atoms with Gasteiger partial charge in [0.2, 0.25) is 0 Å². The number of amides is 1. The highest BCUT2D eigenvalue weighted by Gasteiger charge is 2.30. The number of aromatic amines is 2. The third-order valence-corrected chi connectivity index (χ3v) is 4.37. The lowest BCUT2D eigenvalue weighted by Crippen LogP contribution is -2.36. The molecule has 1 amide bonds. The molecule has 5 N–H and O–H groups in total. The molecule has 0 fully saturated rings. The van der Waals surface area contributed by atoms with Gasteiger partial charge in [0.05, 0.1) is 6.04 Å². The minimum Gasteiger partial charge on any atom is -0.484 e. The number of anilines is 1. The highest BCUT2D eigenvalue weighted by atomic mass is 19.4. The maximum absolute atomic E-state index is 12.5. The van der Waals surface area contributed by atoms with Crippen LogP contribution in [0.4, 0.5) is 18.9 Å². The van der Waals surface area contributed by atoms with Crippen molar-refractivity contribution in [1.82, 2.24) is 15.3 Å². The van der Waals surface area contributed by atoms with Gasteiger partial charge >= 0.3 is 11.9 Å². The number of hydrogen-bond donors (Lipinski definition) is 4. The fourth-order valence-electron chi connectivity index (χ4n) is 3.17. The molecule has 3 rings (SSSR count). The first-order valence-electron chi connectivity index (χ1n) is 8.40. The average Bonchev–Trinajstić information content (AvgIpc) is 2.62.